The van der Waals surface area contributed by atoms with Crippen LogP contribution in [0, 0.1) is 25.2 Å². The number of carbonyl (C=O) groups excluding carboxylic acids is 1. The van der Waals surface area contributed by atoms with E-state index in [1.165, 1.54) is 0 Å². The fourth-order valence-corrected chi connectivity index (χ4v) is 3.85. The Kier molecular flexibility index (Phi) is 5.64. The summed E-state index contributed by atoms with van der Waals surface area (Å²) in [7, 11) is 0. The van der Waals surface area contributed by atoms with E-state index in [0.717, 1.165) is 34.6 Å². The van der Waals surface area contributed by atoms with Crippen molar-refractivity contribution in [2.45, 2.75) is 26.9 Å². The second-order valence-corrected chi connectivity index (χ2v) is 7.87. The van der Waals surface area contributed by atoms with E-state index >= 15 is 0 Å². The summed E-state index contributed by atoms with van der Waals surface area (Å²) in [6.45, 7) is 7.39. The van der Waals surface area contributed by atoms with Crippen LogP contribution in [0.1, 0.15) is 27.9 Å². The largest absolute Gasteiger partial charge is 0.329 e. The first kappa shape index (κ1) is 19.9. The van der Waals surface area contributed by atoms with Gasteiger partial charge in [0.25, 0.3) is 0 Å². The van der Waals surface area contributed by atoms with E-state index in [2.05, 4.69) is 52.6 Å². The number of aromatic nitrogens is 2. The Hall–Kier alpha value is -3.43. The van der Waals surface area contributed by atoms with Gasteiger partial charge in [0.1, 0.15) is 0 Å². The molecule has 1 aromatic heterocycles. The van der Waals surface area contributed by atoms with Crippen molar-refractivity contribution in [3.63, 3.8) is 0 Å². The van der Waals surface area contributed by atoms with Gasteiger partial charge in [0, 0.05) is 38.1 Å². The maximum atomic E-state index is 12.9. The smallest absolute Gasteiger partial charge is 0.241 e. The second-order valence-electron chi connectivity index (χ2n) is 7.87. The highest BCUT2D eigenvalue weighted by molar-refractivity contribution is 5.96. The minimum atomic E-state index is 0.133. The molecule has 152 valence electrons. The highest BCUT2D eigenvalue weighted by Gasteiger charge is 2.26. The van der Waals surface area contributed by atoms with Gasteiger partial charge in [-0.2, -0.15) is 5.26 Å². The fourth-order valence-electron chi connectivity index (χ4n) is 3.85. The number of carbonyl (C=O) groups is 1. The predicted molar refractivity (Wildman–Crippen MR) is 116 cm³/mol. The van der Waals surface area contributed by atoms with Crippen molar-refractivity contribution in [3.05, 3.63) is 82.9 Å². The lowest BCUT2D eigenvalue weighted by atomic mass is 10.1. The number of nitrogens with zero attached hydrogens (tertiary/aromatic N) is 5. The van der Waals surface area contributed by atoms with Crippen LogP contribution in [0.4, 0.5) is 5.69 Å². The summed E-state index contributed by atoms with van der Waals surface area (Å²) < 4.78 is 2.10. The van der Waals surface area contributed by atoms with Gasteiger partial charge in [-0.25, -0.2) is 4.98 Å². The minimum Gasteiger partial charge on any atom is -0.329 e. The van der Waals surface area contributed by atoms with Gasteiger partial charge in [-0.05, 0) is 48.7 Å². The highest BCUT2D eigenvalue weighted by atomic mass is 16.2. The standard InChI is InChI=1S/C24H25N5O/c1-18-3-4-19(2)23(11-18)29-10-9-27(16-24(29)30)15-22-13-26-17-28(22)14-21-7-5-20(12-25)6-8-21/h3-8,11,13,17H,9-10,14-16H2,1-2H3. The summed E-state index contributed by atoms with van der Waals surface area (Å²) in [4.78, 5) is 21.3. The molecule has 4 rings (SSSR count). The molecule has 0 atom stereocenters. The molecule has 0 N–H and O–H groups in total. The third kappa shape index (κ3) is 4.27. The van der Waals surface area contributed by atoms with E-state index in [9.17, 15) is 4.79 Å². The first-order chi connectivity index (χ1) is 14.5. The molecule has 6 heteroatoms. The van der Waals surface area contributed by atoms with Crippen molar-refractivity contribution in [2.75, 3.05) is 24.5 Å². The van der Waals surface area contributed by atoms with Crippen LogP contribution in [0.3, 0.4) is 0 Å². The highest BCUT2D eigenvalue weighted by Crippen LogP contribution is 2.24. The number of aryl methyl sites for hydroxylation is 2. The maximum Gasteiger partial charge on any atom is 0.241 e. The summed E-state index contributed by atoms with van der Waals surface area (Å²) in [6, 6.07) is 16.0. The SMILES string of the molecule is Cc1ccc(C)c(N2CCN(Cc3cncn3Cc3ccc(C#N)cc3)CC2=O)c1. The molecule has 3 aromatic rings. The molecule has 30 heavy (non-hydrogen) atoms. The van der Waals surface area contributed by atoms with E-state index < -0.39 is 0 Å². The van der Waals surface area contributed by atoms with Gasteiger partial charge in [-0.1, -0.05) is 24.3 Å². The third-order valence-corrected chi connectivity index (χ3v) is 5.58. The van der Waals surface area contributed by atoms with Gasteiger partial charge in [-0.15, -0.1) is 0 Å². The number of hydrogen-bond donors (Lipinski definition) is 0. The zero-order chi connectivity index (χ0) is 21.1. The number of nitriles is 1. The Bertz CT molecular complexity index is 1090. The summed E-state index contributed by atoms with van der Waals surface area (Å²) in [5, 5.41) is 8.95. The Labute approximate surface area is 177 Å². The molecule has 6 nitrogen and oxygen atoms in total. The van der Waals surface area contributed by atoms with Crippen LogP contribution in [0.5, 0.6) is 0 Å². The van der Waals surface area contributed by atoms with E-state index in [1.54, 1.807) is 0 Å². The summed E-state index contributed by atoms with van der Waals surface area (Å²) in [5.74, 6) is 0.133. The molecule has 1 saturated heterocycles. The zero-order valence-electron chi connectivity index (χ0n) is 17.4. The van der Waals surface area contributed by atoms with Gasteiger partial charge < -0.3 is 9.47 Å². The summed E-state index contributed by atoms with van der Waals surface area (Å²) in [5.41, 5.74) is 6.16. The number of benzene rings is 2. The summed E-state index contributed by atoms with van der Waals surface area (Å²) in [6.07, 6.45) is 3.69. The number of anilines is 1. The Morgan fingerprint density at radius 3 is 2.60 bits per heavy atom. The number of amides is 1. The van der Waals surface area contributed by atoms with Crippen molar-refractivity contribution in [1.82, 2.24) is 14.5 Å². The molecule has 2 aromatic carbocycles. The lowest BCUT2D eigenvalue weighted by Gasteiger charge is -2.35. The zero-order valence-corrected chi connectivity index (χ0v) is 17.4. The normalized spacial score (nSPS) is 14.7. The van der Waals surface area contributed by atoms with Crippen molar-refractivity contribution < 1.29 is 4.79 Å². The quantitative estimate of drug-likeness (QED) is 0.661. The lowest BCUT2D eigenvalue weighted by molar-refractivity contribution is -0.121. The van der Waals surface area contributed by atoms with Crippen LogP contribution < -0.4 is 4.90 Å². The molecular weight excluding hydrogens is 374 g/mol. The van der Waals surface area contributed by atoms with Crippen LogP contribution in [-0.2, 0) is 17.9 Å². The molecule has 1 aliphatic heterocycles. The average Bonchev–Trinajstić information content (AvgIpc) is 3.17. The molecule has 0 aliphatic carbocycles. The van der Waals surface area contributed by atoms with E-state index in [-0.39, 0.29) is 5.91 Å². The molecular formula is C24H25N5O. The van der Waals surface area contributed by atoms with Crippen LogP contribution in [0.25, 0.3) is 0 Å². The first-order valence-electron chi connectivity index (χ1n) is 10.1. The summed E-state index contributed by atoms with van der Waals surface area (Å²) >= 11 is 0. The van der Waals surface area contributed by atoms with Crippen molar-refractivity contribution in [1.29, 1.82) is 5.26 Å². The van der Waals surface area contributed by atoms with E-state index in [0.29, 0.717) is 31.7 Å². The Balaban J connectivity index is 1.42. The number of imidazole rings is 1. The molecule has 0 spiro atoms. The van der Waals surface area contributed by atoms with Gasteiger partial charge in [0.15, 0.2) is 0 Å². The van der Waals surface area contributed by atoms with Gasteiger partial charge >= 0.3 is 0 Å². The number of hydrogen-bond acceptors (Lipinski definition) is 4. The second kappa shape index (κ2) is 8.52. The molecule has 1 aliphatic rings. The fraction of sp³-hybridized carbons (Fsp3) is 0.292. The average molecular weight is 399 g/mol. The molecule has 2 heterocycles. The topological polar surface area (TPSA) is 65.2 Å². The Morgan fingerprint density at radius 1 is 1.07 bits per heavy atom. The third-order valence-electron chi connectivity index (χ3n) is 5.58. The van der Waals surface area contributed by atoms with Crippen molar-refractivity contribution in [2.24, 2.45) is 0 Å². The molecule has 1 amide bonds. The predicted octanol–water partition coefficient (Wildman–Crippen LogP) is 3.27. The van der Waals surface area contributed by atoms with Crippen LogP contribution >= 0.6 is 0 Å². The molecule has 0 radical (unpaired) electrons. The minimum absolute atomic E-state index is 0.133. The Morgan fingerprint density at radius 2 is 1.87 bits per heavy atom. The molecule has 1 fully saturated rings. The number of rotatable bonds is 5. The molecule has 0 saturated carbocycles. The number of piperazine rings is 1. The molecule has 0 unspecified atom stereocenters. The van der Waals surface area contributed by atoms with Gasteiger partial charge in [0.2, 0.25) is 5.91 Å². The molecule has 0 bridgehead atoms. The van der Waals surface area contributed by atoms with Crippen LogP contribution in [0.2, 0.25) is 0 Å². The van der Waals surface area contributed by atoms with Crippen LogP contribution in [-0.4, -0.2) is 40.0 Å². The van der Waals surface area contributed by atoms with E-state index in [4.69, 9.17) is 5.26 Å². The first-order valence-corrected chi connectivity index (χ1v) is 10.1. The van der Waals surface area contributed by atoms with Crippen molar-refractivity contribution in [3.8, 4) is 6.07 Å². The lowest BCUT2D eigenvalue weighted by Crippen LogP contribution is -2.50. The van der Waals surface area contributed by atoms with E-state index in [1.807, 2.05) is 41.7 Å². The monoisotopic (exact) mass is 399 g/mol. The van der Waals surface area contributed by atoms with Crippen molar-refractivity contribution >= 4 is 11.6 Å². The van der Waals surface area contributed by atoms with Gasteiger partial charge in [0.05, 0.1) is 30.2 Å². The van der Waals surface area contributed by atoms with Gasteiger partial charge in [-0.3, -0.25) is 9.69 Å². The maximum absolute atomic E-state index is 12.9. The van der Waals surface area contributed by atoms with Crippen LogP contribution in [0.15, 0.2) is 55.0 Å².